The number of non-ortho nitro benzene ring substituents is 1. The summed E-state index contributed by atoms with van der Waals surface area (Å²) in [4.78, 5) is 39.5. The van der Waals surface area contributed by atoms with Gasteiger partial charge in [-0.2, -0.15) is 0 Å². The molecule has 3 rings (SSSR count). The number of likely N-dealkylation sites (tertiary alicyclic amines) is 1. The fourth-order valence-electron chi connectivity index (χ4n) is 3.42. The maximum Gasteiger partial charge on any atom is 0.295 e. The molecule has 9 nitrogen and oxygen atoms in total. The van der Waals surface area contributed by atoms with Gasteiger partial charge in [-0.25, -0.2) is 0 Å². The Morgan fingerprint density at radius 3 is 2.58 bits per heavy atom. The van der Waals surface area contributed by atoms with E-state index in [0.717, 1.165) is 0 Å². The molecule has 1 aliphatic heterocycles. The quantitative estimate of drug-likeness (QED) is 0.230. The van der Waals surface area contributed by atoms with Crippen molar-refractivity contribution < 1.29 is 24.7 Å². The summed E-state index contributed by atoms with van der Waals surface area (Å²) in [6.07, 6.45) is 0. The molecule has 10 heteroatoms. The second kappa shape index (κ2) is 8.75. The minimum atomic E-state index is -1.07. The van der Waals surface area contributed by atoms with Crippen LogP contribution in [0.5, 0.6) is 5.75 Å². The maximum absolute atomic E-state index is 12.9. The highest BCUT2D eigenvalue weighted by Crippen LogP contribution is 2.41. The lowest BCUT2D eigenvalue weighted by molar-refractivity contribution is -0.384. The predicted molar refractivity (Wildman–Crippen MR) is 114 cm³/mol. The van der Waals surface area contributed by atoms with E-state index in [0.29, 0.717) is 6.54 Å². The summed E-state index contributed by atoms with van der Waals surface area (Å²) in [5.41, 5.74) is -0.327. The molecular weight excluding hydrogens is 426 g/mol. The van der Waals surface area contributed by atoms with E-state index in [1.807, 2.05) is 4.90 Å². The van der Waals surface area contributed by atoms with E-state index in [1.165, 1.54) is 47.4 Å². The van der Waals surface area contributed by atoms with E-state index in [4.69, 9.17) is 11.6 Å². The Morgan fingerprint density at radius 1 is 1.23 bits per heavy atom. The lowest BCUT2D eigenvalue weighted by Gasteiger charge is -2.26. The summed E-state index contributed by atoms with van der Waals surface area (Å²) in [7, 11) is 3.59. The summed E-state index contributed by atoms with van der Waals surface area (Å²) in [5.74, 6) is -2.74. The molecule has 0 spiro atoms. The number of aliphatic hydroxyl groups is 1. The van der Waals surface area contributed by atoms with Crippen molar-refractivity contribution in [1.29, 1.82) is 0 Å². The van der Waals surface area contributed by atoms with Crippen molar-refractivity contribution in [2.75, 3.05) is 27.2 Å². The Morgan fingerprint density at radius 2 is 1.94 bits per heavy atom. The number of ketones is 1. The molecule has 1 amide bonds. The SMILES string of the molecule is CN(C)CCN1C(=O)C(=O)/C(=C(\O)c2cc(Cl)ccc2O)C1c1cccc([N+](=O)[O-])c1. The Bertz CT molecular complexity index is 1100. The minimum absolute atomic E-state index is 0.117. The molecule has 2 aromatic carbocycles. The lowest BCUT2D eigenvalue weighted by atomic mass is 9.94. The molecule has 0 aromatic heterocycles. The van der Waals surface area contributed by atoms with Crippen LogP contribution in [0.15, 0.2) is 48.0 Å². The molecule has 0 radical (unpaired) electrons. The van der Waals surface area contributed by atoms with Crippen molar-refractivity contribution in [1.82, 2.24) is 9.80 Å². The average Bonchev–Trinajstić information content (AvgIpc) is 2.98. The van der Waals surface area contributed by atoms with Crippen LogP contribution in [-0.2, 0) is 9.59 Å². The number of hydrogen-bond acceptors (Lipinski definition) is 7. The molecule has 2 aromatic rings. The third kappa shape index (κ3) is 4.37. The number of Topliss-reactive ketones (excluding diaryl/α,β-unsaturated/α-hetero) is 1. The number of halogens is 1. The van der Waals surface area contributed by atoms with E-state index in [9.17, 15) is 29.9 Å². The van der Waals surface area contributed by atoms with Gasteiger partial charge in [0, 0.05) is 30.2 Å². The summed E-state index contributed by atoms with van der Waals surface area (Å²) < 4.78 is 0. The molecule has 2 N–H and O–H groups in total. The van der Waals surface area contributed by atoms with Crippen LogP contribution in [0, 0.1) is 10.1 Å². The number of aromatic hydroxyl groups is 1. The van der Waals surface area contributed by atoms with Crippen LogP contribution in [-0.4, -0.2) is 63.8 Å². The number of carbonyl (C=O) groups excluding carboxylic acids is 2. The van der Waals surface area contributed by atoms with Gasteiger partial charge in [0.15, 0.2) is 0 Å². The molecule has 1 aliphatic rings. The van der Waals surface area contributed by atoms with Gasteiger partial charge in [-0.05, 0) is 37.9 Å². The van der Waals surface area contributed by atoms with Crippen molar-refractivity contribution in [3.63, 3.8) is 0 Å². The largest absolute Gasteiger partial charge is 0.507 e. The Labute approximate surface area is 182 Å². The topological polar surface area (TPSA) is 124 Å². The first kappa shape index (κ1) is 22.3. The zero-order valence-corrected chi connectivity index (χ0v) is 17.5. The normalized spacial score (nSPS) is 18.1. The van der Waals surface area contributed by atoms with Gasteiger partial charge in [0.2, 0.25) is 0 Å². The first-order valence-corrected chi connectivity index (χ1v) is 9.66. The highest BCUT2D eigenvalue weighted by Gasteiger charge is 2.46. The molecule has 1 unspecified atom stereocenters. The molecule has 162 valence electrons. The Kier molecular flexibility index (Phi) is 6.28. The molecular formula is C21H20ClN3O6. The second-order valence-corrected chi connectivity index (χ2v) is 7.75. The number of carbonyl (C=O) groups is 2. The number of nitro groups is 1. The van der Waals surface area contributed by atoms with Crippen LogP contribution in [0.1, 0.15) is 17.2 Å². The van der Waals surface area contributed by atoms with Gasteiger partial charge in [0.1, 0.15) is 11.5 Å². The minimum Gasteiger partial charge on any atom is -0.507 e. The van der Waals surface area contributed by atoms with Gasteiger partial charge in [-0.15, -0.1) is 0 Å². The number of likely N-dealkylation sites (N-methyl/N-ethyl adjacent to an activating group) is 1. The predicted octanol–water partition coefficient (Wildman–Crippen LogP) is 2.94. The van der Waals surface area contributed by atoms with Crippen molar-refractivity contribution >= 4 is 34.7 Å². The van der Waals surface area contributed by atoms with E-state index in [1.54, 1.807) is 14.1 Å². The molecule has 0 aliphatic carbocycles. The third-order valence-electron chi connectivity index (χ3n) is 4.94. The number of phenols is 1. The van der Waals surface area contributed by atoms with Gasteiger partial charge in [-0.3, -0.25) is 19.7 Å². The molecule has 1 heterocycles. The van der Waals surface area contributed by atoms with Gasteiger partial charge in [0.25, 0.3) is 17.4 Å². The first-order chi connectivity index (χ1) is 14.6. The Balaban J connectivity index is 2.23. The van der Waals surface area contributed by atoms with Crippen molar-refractivity contribution in [2.45, 2.75) is 6.04 Å². The number of aliphatic hydroxyl groups excluding tert-OH is 1. The fraction of sp³-hybridized carbons (Fsp3) is 0.238. The summed E-state index contributed by atoms with van der Waals surface area (Å²) >= 11 is 5.97. The van der Waals surface area contributed by atoms with Crippen molar-refractivity contribution in [3.05, 3.63) is 74.3 Å². The molecule has 0 bridgehead atoms. The number of rotatable bonds is 6. The first-order valence-electron chi connectivity index (χ1n) is 9.28. The maximum atomic E-state index is 12.9. The van der Waals surface area contributed by atoms with Crippen LogP contribution in [0.4, 0.5) is 5.69 Å². The van der Waals surface area contributed by atoms with Crippen LogP contribution in [0.3, 0.4) is 0 Å². The highest BCUT2D eigenvalue weighted by atomic mass is 35.5. The van der Waals surface area contributed by atoms with Crippen LogP contribution < -0.4 is 0 Å². The van der Waals surface area contributed by atoms with E-state index < -0.39 is 28.4 Å². The average molecular weight is 446 g/mol. The molecule has 0 saturated carbocycles. The molecule has 31 heavy (non-hydrogen) atoms. The number of benzene rings is 2. The standard InChI is InChI=1S/C21H20ClN3O6/c1-23(2)8-9-24-18(12-4-3-5-14(10-12)25(30)31)17(20(28)21(24)29)19(27)15-11-13(22)6-7-16(15)26/h3-7,10-11,18,26-27H,8-9H2,1-2H3/b19-17-. The summed E-state index contributed by atoms with van der Waals surface area (Å²) in [5, 5.41) is 32.6. The van der Waals surface area contributed by atoms with Gasteiger partial charge in [-0.1, -0.05) is 23.7 Å². The molecule has 1 atom stereocenters. The van der Waals surface area contributed by atoms with Gasteiger partial charge < -0.3 is 20.0 Å². The van der Waals surface area contributed by atoms with Gasteiger partial charge in [0.05, 0.1) is 22.1 Å². The summed E-state index contributed by atoms with van der Waals surface area (Å²) in [6.45, 7) is 0.560. The molecule has 1 saturated heterocycles. The van der Waals surface area contributed by atoms with Crippen molar-refractivity contribution in [3.8, 4) is 5.75 Å². The number of amides is 1. The third-order valence-corrected chi connectivity index (χ3v) is 5.17. The smallest absolute Gasteiger partial charge is 0.295 e. The number of nitro benzene ring substituents is 1. The number of phenolic OH excluding ortho intramolecular Hbond substituents is 1. The van der Waals surface area contributed by atoms with Crippen LogP contribution >= 0.6 is 11.6 Å². The monoisotopic (exact) mass is 445 g/mol. The molecule has 1 fully saturated rings. The highest BCUT2D eigenvalue weighted by molar-refractivity contribution is 6.46. The number of hydrogen-bond donors (Lipinski definition) is 2. The van der Waals surface area contributed by atoms with Crippen molar-refractivity contribution in [2.24, 2.45) is 0 Å². The second-order valence-electron chi connectivity index (χ2n) is 7.31. The zero-order valence-electron chi connectivity index (χ0n) is 16.8. The fourth-order valence-corrected chi connectivity index (χ4v) is 3.59. The van der Waals surface area contributed by atoms with Crippen LogP contribution in [0.25, 0.3) is 5.76 Å². The summed E-state index contributed by atoms with van der Waals surface area (Å²) in [6, 6.07) is 8.38. The number of nitrogens with zero attached hydrogens (tertiary/aromatic N) is 3. The lowest BCUT2D eigenvalue weighted by Crippen LogP contribution is -2.35. The van der Waals surface area contributed by atoms with E-state index >= 15 is 0 Å². The Hall–Kier alpha value is -3.43. The van der Waals surface area contributed by atoms with E-state index in [-0.39, 0.29) is 39.7 Å². The zero-order chi connectivity index (χ0) is 22.9. The van der Waals surface area contributed by atoms with Crippen LogP contribution in [0.2, 0.25) is 5.02 Å². The van der Waals surface area contributed by atoms with E-state index in [2.05, 4.69) is 0 Å². The van der Waals surface area contributed by atoms with Gasteiger partial charge >= 0.3 is 0 Å².